The molecule has 0 aliphatic rings. The fourth-order valence-electron chi connectivity index (χ4n) is 1.86. The summed E-state index contributed by atoms with van der Waals surface area (Å²) in [7, 11) is -2.74. The number of esters is 1. The topological polar surface area (TPSA) is 102 Å². The van der Waals surface area contributed by atoms with Crippen LogP contribution in [0.3, 0.4) is 0 Å². The lowest BCUT2D eigenvalue weighted by atomic mass is 10.2. The van der Waals surface area contributed by atoms with Crippen LogP contribution in [0.1, 0.15) is 10.4 Å². The molecule has 0 aliphatic carbocycles. The molecule has 0 aliphatic heterocycles. The van der Waals surface area contributed by atoms with Crippen molar-refractivity contribution in [3.8, 4) is 0 Å². The fourth-order valence-corrected chi connectivity index (χ4v) is 2.95. The first-order chi connectivity index (χ1) is 11.8. The molecule has 25 heavy (non-hydrogen) atoms. The number of ether oxygens (including phenoxy) is 1. The molecule has 2 rings (SSSR count). The lowest BCUT2D eigenvalue weighted by Crippen LogP contribution is -2.30. The van der Waals surface area contributed by atoms with Gasteiger partial charge in [-0.25, -0.2) is 12.8 Å². The first-order valence-corrected chi connectivity index (χ1v) is 8.53. The minimum Gasteiger partial charge on any atom is -0.468 e. The van der Waals surface area contributed by atoms with Crippen molar-refractivity contribution in [3.05, 3.63) is 59.9 Å². The van der Waals surface area contributed by atoms with Crippen LogP contribution < -0.4 is 10.0 Å². The second-order valence-corrected chi connectivity index (χ2v) is 6.58. The molecule has 0 spiro atoms. The Morgan fingerprint density at radius 1 is 1.12 bits per heavy atom. The lowest BCUT2D eigenvalue weighted by molar-refractivity contribution is -0.139. The van der Waals surface area contributed by atoms with E-state index in [2.05, 4.69) is 14.8 Å². The van der Waals surface area contributed by atoms with E-state index in [0.717, 1.165) is 12.1 Å². The van der Waals surface area contributed by atoms with Crippen LogP contribution in [-0.2, 0) is 19.6 Å². The Morgan fingerprint density at radius 2 is 1.80 bits per heavy atom. The van der Waals surface area contributed by atoms with Crippen molar-refractivity contribution in [2.45, 2.75) is 4.90 Å². The maximum absolute atomic E-state index is 13.2. The van der Waals surface area contributed by atoms with Gasteiger partial charge in [-0.15, -0.1) is 0 Å². The molecule has 1 amide bonds. The SMILES string of the molecule is COC(=O)CNC(=O)c1ccc(NS(=O)(=O)c2cccc(F)c2)cc1. The fraction of sp³-hybridized carbons (Fsp3) is 0.125. The number of hydrogen-bond acceptors (Lipinski definition) is 5. The van der Waals surface area contributed by atoms with Gasteiger partial charge in [-0.3, -0.25) is 14.3 Å². The van der Waals surface area contributed by atoms with Crippen molar-refractivity contribution in [1.29, 1.82) is 0 Å². The minimum absolute atomic E-state index is 0.203. The molecular formula is C16H15FN2O5S. The first kappa shape index (κ1) is 18.4. The summed E-state index contributed by atoms with van der Waals surface area (Å²) >= 11 is 0. The molecule has 0 saturated heterocycles. The zero-order valence-electron chi connectivity index (χ0n) is 13.2. The van der Waals surface area contributed by atoms with Gasteiger partial charge < -0.3 is 10.1 Å². The highest BCUT2D eigenvalue weighted by molar-refractivity contribution is 7.92. The van der Waals surface area contributed by atoms with Gasteiger partial charge in [-0.2, -0.15) is 0 Å². The molecule has 0 bridgehead atoms. The van der Waals surface area contributed by atoms with Gasteiger partial charge in [0, 0.05) is 11.3 Å². The molecule has 7 nitrogen and oxygen atoms in total. The number of anilines is 1. The summed E-state index contributed by atoms with van der Waals surface area (Å²) in [6, 6.07) is 10.1. The van der Waals surface area contributed by atoms with Crippen LogP contribution in [0.5, 0.6) is 0 Å². The molecule has 0 aromatic heterocycles. The number of carbonyl (C=O) groups excluding carboxylic acids is 2. The van der Waals surface area contributed by atoms with E-state index < -0.39 is 27.7 Å². The van der Waals surface area contributed by atoms with Crippen molar-refractivity contribution in [1.82, 2.24) is 5.32 Å². The summed E-state index contributed by atoms with van der Waals surface area (Å²) in [6.45, 7) is -0.275. The highest BCUT2D eigenvalue weighted by Gasteiger charge is 2.15. The van der Waals surface area contributed by atoms with Crippen molar-refractivity contribution in [3.63, 3.8) is 0 Å². The highest BCUT2D eigenvalue weighted by Crippen LogP contribution is 2.17. The molecule has 0 radical (unpaired) electrons. The predicted molar refractivity (Wildman–Crippen MR) is 88.0 cm³/mol. The number of halogens is 1. The number of amides is 1. The lowest BCUT2D eigenvalue weighted by Gasteiger charge is -2.09. The second kappa shape index (κ2) is 7.75. The Hall–Kier alpha value is -2.94. The Kier molecular flexibility index (Phi) is 5.71. The zero-order valence-corrected chi connectivity index (χ0v) is 14.0. The summed E-state index contributed by atoms with van der Waals surface area (Å²) in [5, 5.41) is 2.36. The Bertz CT molecular complexity index is 882. The van der Waals surface area contributed by atoms with Gasteiger partial charge in [-0.05, 0) is 42.5 Å². The number of rotatable bonds is 6. The van der Waals surface area contributed by atoms with Gasteiger partial charge in [0.2, 0.25) is 0 Å². The van der Waals surface area contributed by atoms with Crippen LogP contribution in [0.15, 0.2) is 53.4 Å². The highest BCUT2D eigenvalue weighted by atomic mass is 32.2. The van der Waals surface area contributed by atoms with Crippen molar-refractivity contribution in [2.75, 3.05) is 18.4 Å². The molecular weight excluding hydrogens is 351 g/mol. The van der Waals surface area contributed by atoms with Crippen LogP contribution in [0.2, 0.25) is 0 Å². The average molecular weight is 366 g/mol. The third kappa shape index (κ3) is 5.01. The second-order valence-electron chi connectivity index (χ2n) is 4.90. The summed E-state index contributed by atoms with van der Waals surface area (Å²) in [5.74, 6) is -1.77. The number of nitrogens with one attached hydrogen (secondary N) is 2. The van der Waals surface area contributed by atoms with Crippen LogP contribution >= 0.6 is 0 Å². The number of benzene rings is 2. The molecule has 2 aromatic rings. The molecule has 0 fully saturated rings. The van der Waals surface area contributed by atoms with E-state index in [1.807, 2.05) is 0 Å². The smallest absolute Gasteiger partial charge is 0.325 e. The molecule has 2 N–H and O–H groups in total. The van der Waals surface area contributed by atoms with Gasteiger partial charge in [-0.1, -0.05) is 6.07 Å². The van der Waals surface area contributed by atoms with Gasteiger partial charge >= 0.3 is 5.97 Å². The normalized spacial score (nSPS) is 10.8. The Labute approximate surface area is 143 Å². The maximum atomic E-state index is 13.2. The molecule has 132 valence electrons. The van der Waals surface area contributed by atoms with Gasteiger partial charge in [0.1, 0.15) is 12.4 Å². The molecule has 0 atom stereocenters. The molecule has 0 unspecified atom stereocenters. The average Bonchev–Trinajstić information content (AvgIpc) is 2.59. The van der Waals surface area contributed by atoms with E-state index >= 15 is 0 Å². The van der Waals surface area contributed by atoms with E-state index in [-0.39, 0.29) is 22.7 Å². The van der Waals surface area contributed by atoms with Crippen LogP contribution in [0.4, 0.5) is 10.1 Å². The van der Waals surface area contributed by atoms with E-state index in [0.29, 0.717) is 0 Å². The van der Waals surface area contributed by atoms with Gasteiger partial charge in [0.25, 0.3) is 15.9 Å². The summed E-state index contributed by atoms with van der Waals surface area (Å²) in [6.07, 6.45) is 0. The number of sulfonamides is 1. The van der Waals surface area contributed by atoms with Crippen LogP contribution in [-0.4, -0.2) is 33.9 Å². The van der Waals surface area contributed by atoms with E-state index in [4.69, 9.17) is 0 Å². The first-order valence-electron chi connectivity index (χ1n) is 7.05. The predicted octanol–water partition coefficient (Wildman–Crippen LogP) is 1.53. The quantitative estimate of drug-likeness (QED) is 0.755. The largest absolute Gasteiger partial charge is 0.468 e. The molecule has 9 heteroatoms. The Balaban J connectivity index is 2.07. The van der Waals surface area contributed by atoms with Crippen molar-refractivity contribution >= 4 is 27.6 Å². The molecule has 0 heterocycles. The zero-order chi connectivity index (χ0) is 18.4. The Morgan fingerprint density at radius 3 is 2.40 bits per heavy atom. The summed E-state index contributed by atoms with van der Waals surface area (Å²) in [5.41, 5.74) is 0.436. The van der Waals surface area contributed by atoms with E-state index in [1.165, 1.54) is 43.5 Å². The number of carbonyl (C=O) groups is 2. The minimum atomic E-state index is -3.95. The number of hydrogen-bond donors (Lipinski definition) is 2. The van der Waals surface area contributed by atoms with E-state index in [9.17, 15) is 22.4 Å². The third-order valence-electron chi connectivity index (χ3n) is 3.13. The van der Waals surface area contributed by atoms with Crippen molar-refractivity contribution < 1.29 is 27.1 Å². The maximum Gasteiger partial charge on any atom is 0.325 e. The molecule has 0 saturated carbocycles. The number of methoxy groups -OCH3 is 1. The standard InChI is InChI=1S/C16H15FN2O5S/c1-24-15(20)10-18-16(21)11-5-7-13(8-6-11)19-25(22,23)14-4-2-3-12(17)9-14/h2-9,19H,10H2,1H3,(H,18,21). The van der Waals surface area contributed by atoms with Crippen LogP contribution in [0, 0.1) is 5.82 Å². The van der Waals surface area contributed by atoms with Crippen molar-refractivity contribution in [2.24, 2.45) is 0 Å². The van der Waals surface area contributed by atoms with E-state index in [1.54, 1.807) is 0 Å². The summed E-state index contributed by atoms with van der Waals surface area (Å²) < 4.78 is 44.2. The van der Waals surface area contributed by atoms with Crippen LogP contribution in [0.25, 0.3) is 0 Å². The molecule has 2 aromatic carbocycles. The monoisotopic (exact) mass is 366 g/mol. The van der Waals surface area contributed by atoms with Gasteiger partial charge in [0.05, 0.1) is 12.0 Å². The summed E-state index contributed by atoms with van der Waals surface area (Å²) in [4.78, 5) is 22.6. The third-order valence-corrected chi connectivity index (χ3v) is 4.51. The van der Waals surface area contributed by atoms with Gasteiger partial charge in [0.15, 0.2) is 0 Å².